The topological polar surface area (TPSA) is 74.6 Å². The van der Waals surface area contributed by atoms with Gasteiger partial charge in [0.15, 0.2) is 0 Å². The Labute approximate surface area is 101 Å². The van der Waals surface area contributed by atoms with Crippen molar-refractivity contribution in [2.75, 3.05) is 0 Å². The van der Waals surface area contributed by atoms with Crippen LogP contribution in [0.15, 0.2) is 0 Å². The number of carboxylic acid groups (broad SMARTS) is 2. The van der Waals surface area contributed by atoms with Crippen molar-refractivity contribution >= 4 is 11.9 Å². The van der Waals surface area contributed by atoms with Gasteiger partial charge in [-0.3, -0.25) is 14.3 Å². The number of aliphatic carboxylic acids is 2. The molecule has 102 valence electrons. The van der Waals surface area contributed by atoms with Gasteiger partial charge >= 0.3 is 11.9 Å². The van der Waals surface area contributed by atoms with Crippen LogP contribution in [-0.2, 0) is 9.59 Å². The monoisotopic (exact) mass is 250 g/mol. The zero-order chi connectivity index (χ0) is 12.2. The number of hydrogen-bond acceptors (Lipinski definition) is 2. The van der Waals surface area contributed by atoms with Gasteiger partial charge in [0.05, 0.1) is 0 Å². The molecule has 0 unspecified atom stereocenters. The molecular weight excluding hydrogens is 227 g/mol. The molecule has 2 N–H and O–H groups in total. The first-order chi connectivity index (χ1) is 7.63. The molecule has 0 aromatic carbocycles. The summed E-state index contributed by atoms with van der Waals surface area (Å²) in [4.78, 5) is 20.4. The molecule has 0 amide bonds. The Kier molecular flexibility index (Phi) is 13.9. The Morgan fingerprint density at radius 2 is 0.824 bits per heavy atom. The molecule has 17 heavy (non-hydrogen) atoms. The third-order valence-corrected chi connectivity index (χ3v) is 2.53. The molecule has 0 aliphatic carbocycles. The summed E-state index contributed by atoms with van der Waals surface area (Å²) in [6.45, 7) is 0. The van der Waals surface area contributed by atoms with Gasteiger partial charge in [0.25, 0.3) is 0 Å². The number of halogens is 1. The fourth-order valence-corrected chi connectivity index (χ4v) is 1.61. The fraction of sp³-hybridized carbons (Fsp3) is 0.833. The van der Waals surface area contributed by atoms with Crippen molar-refractivity contribution < 1.29 is 24.5 Å². The van der Waals surface area contributed by atoms with Crippen LogP contribution in [0.2, 0.25) is 0 Å². The van der Waals surface area contributed by atoms with E-state index in [9.17, 15) is 9.59 Å². The molecule has 0 aromatic rings. The van der Waals surface area contributed by atoms with Gasteiger partial charge in [0.1, 0.15) is 0 Å². The SMILES string of the molecule is F.O=C(O)CCCCCCCCCCC(=O)O. The van der Waals surface area contributed by atoms with E-state index in [1.807, 2.05) is 0 Å². The first-order valence-electron chi connectivity index (χ1n) is 6.06. The Morgan fingerprint density at radius 1 is 0.588 bits per heavy atom. The maximum Gasteiger partial charge on any atom is 0.303 e. The van der Waals surface area contributed by atoms with E-state index >= 15 is 0 Å². The predicted molar refractivity (Wildman–Crippen MR) is 63.9 cm³/mol. The number of unbranched alkanes of at least 4 members (excludes halogenated alkanes) is 7. The minimum atomic E-state index is -0.714. The van der Waals surface area contributed by atoms with Crippen molar-refractivity contribution in [1.29, 1.82) is 0 Å². The lowest BCUT2D eigenvalue weighted by atomic mass is 10.1. The molecule has 0 radical (unpaired) electrons. The molecule has 0 saturated heterocycles. The molecule has 0 aliphatic heterocycles. The van der Waals surface area contributed by atoms with Crippen LogP contribution in [-0.4, -0.2) is 22.2 Å². The summed E-state index contributed by atoms with van der Waals surface area (Å²) in [5.41, 5.74) is 0. The van der Waals surface area contributed by atoms with Crippen LogP contribution < -0.4 is 0 Å². The molecule has 0 aliphatic rings. The van der Waals surface area contributed by atoms with Crippen molar-refractivity contribution in [2.24, 2.45) is 0 Å². The summed E-state index contributed by atoms with van der Waals surface area (Å²) in [5.74, 6) is -1.43. The van der Waals surface area contributed by atoms with Gasteiger partial charge in [-0.25, -0.2) is 0 Å². The highest BCUT2D eigenvalue weighted by molar-refractivity contribution is 5.66. The molecule has 0 atom stereocenters. The second-order valence-corrected chi connectivity index (χ2v) is 4.12. The van der Waals surface area contributed by atoms with Gasteiger partial charge in [-0.05, 0) is 12.8 Å². The van der Waals surface area contributed by atoms with E-state index in [4.69, 9.17) is 10.2 Å². The fourth-order valence-electron chi connectivity index (χ4n) is 1.61. The molecule has 4 nitrogen and oxygen atoms in total. The predicted octanol–water partition coefficient (Wildman–Crippen LogP) is 3.21. The van der Waals surface area contributed by atoms with Crippen molar-refractivity contribution in [3.05, 3.63) is 0 Å². The van der Waals surface area contributed by atoms with Crippen LogP contribution in [0.5, 0.6) is 0 Å². The number of carboxylic acids is 2. The van der Waals surface area contributed by atoms with E-state index in [0.29, 0.717) is 0 Å². The zero-order valence-electron chi connectivity index (χ0n) is 10.2. The smallest absolute Gasteiger partial charge is 0.303 e. The summed E-state index contributed by atoms with van der Waals surface area (Å²) in [5, 5.41) is 16.8. The standard InChI is InChI=1S/C12H22O4.FH/c13-11(14)9-7-5-3-1-2-4-6-8-10-12(15)16;/h1-10H2,(H,13,14)(H,15,16);1H. The molecule has 0 rings (SSSR count). The lowest BCUT2D eigenvalue weighted by Crippen LogP contribution is -1.94. The van der Waals surface area contributed by atoms with Crippen LogP contribution in [0.3, 0.4) is 0 Å². The van der Waals surface area contributed by atoms with Gasteiger partial charge in [-0.2, -0.15) is 0 Å². The normalized spacial score (nSPS) is 9.65. The zero-order valence-corrected chi connectivity index (χ0v) is 10.2. The molecular formula is C12H23FO4. The highest BCUT2D eigenvalue weighted by atomic mass is 19.0. The Hall–Kier alpha value is -1.13. The van der Waals surface area contributed by atoms with E-state index in [1.165, 1.54) is 0 Å². The van der Waals surface area contributed by atoms with Crippen LogP contribution in [0.25, 0.3) is 0 Å². The molecule has 0 spiro atoms. The van der Waals surface area contributed by atoms with Gasteiger partial charge in [-0.15, -0.1) is 0 Å². The first-order valence-corrected chi connectivity index (χ1v) is 6.06. The van der Waals surface area contributed by atoms with Crippen molar-refractivity contribution in [2.45, 2.75) is 64.2 Å². The third kappa shape index (κ3) is 17.5. The van der Waals surface area contributed by atoms with Gasteiger partial charge in [0.2, 0.25) is 0 Å². The molecule has 0 fully saturated rings. The third-order valence-electron chi connectivity index (χ3n) is 2.53. The van der Waals surface area contributed by atoms with Gasteiger partial charge in [0, 0.05) is 12.8 Å². The van der Waals surface area contributed by atoms with Crippen LogP contribution in [0.1, 0.15) is 64.2 Å². The van der Waals surface area contributed by atoms with Gasteiger partial charge < -0.3 is 10.2 Å². The van der Waals surface area contributed by atoms with Crippen LogP contribution in [0, 0.1) is 0 Å². The average molecular weight is 250 g/mol. The van der Waals surface area contributed by atoms with Crippen molar-refractivity contribution in [3.8, 4) is 0 Å². The summed E-state index contributed by atoms with van der Waals surface area (Å²) in [6, 6.07) is 0. The van der Waals surface area contributed by atoms with Crippen LogP contribution in [0.4, 0.5) is 4.70 Å². The summed E-state index contributed by atoms with van der Waals surface area (Å²) >= 11 is 0. The Balaban J connectivity index is 0. The summed E-state index contributed by atoms with van der Waals surface area (Å²) in [7, 11) is 0. The van der Waals surface area contributed by atoms with Crippen molar-refractivity contribution in [3.63, 3.8) is 0 Å². The Morgan fingerprint density at radius 3 is 1.06 bits per heavy atom. The minimum Gasteiger partial charge on any atom is -0.481 e. The second kappa shape index (κ2) is 12.9. The largest absolute Gasteiger partial charge is 0.481 e. The number of carbonyl (C=O) groups is 2. The molecule has 0 bridgehead atoms. The van der Waals surface area contributed by atoms with Crippen molar-refractivity contribution in [1.82, 2.24) is 0 Å². The highest BCUT2D eigenvalue weighted by Crippen LogP contribution is 2.10. The van der Waals surface area contributed by atoms with E-state index in [2.05, 4.69) is 0 Å². The highest BCUT2D eigenvalue weighted by Gasteiger charge is 1.98. The summed E-state index contributed by atoms with van der Waals surface area (Å²) in [6.07, 6.45) is 8.51. The summed E-state index contributed by atoms with van der Waals surface area (Å²) < 4.78 is 0. The maximum atomic E-state index is 10.2. The second-order valence-electron chi connectivity index (χ2n) is 4.12. The quantitative estimate of drug-likeness (QED) is 0.552. The molecule has 0 aromatic heterocycles. The number of hydrogen-bond donors (Lipinski definition) is 2. The van der Waals surface area contributed by atoms with Crippen LogP contribution >= 0.6 is 0 Å². The first kappa shape index (κ1) is 18.2. The maximum absolute atomic E-state index is 10.2. The Bertz CT molecular complexity index is 185. The van der Waals surface area contributed by atoms with E-state index in [0.717, 1.165) is 51.4 Å². The van der Waals surface area contributed by atoms with E-state index in [1.54, 1.807) is 0 Å². The van der Waals surface area contributed by atoms with E-state index in [-0.39, 0.29) is 17.5 Å². The molecule has 0 saturated carbocycles. The molecule has 5 heteroatoms. The average Bonchev–Trinajstić information content (AvgIpc) is 2.20. The van der Waals surface area contributed by atoms with Gasteiger partial charge in [-0.1, -0.05) is 38.5 Å². The van der Waals surface area contributed by atoms with E-state index < -0.39 is 11.9 Å². The lowest BCUT2D eigenvalue weighted by molar-refractivity contribution is -0.138. The lowest BCUT2D eigenvalue weighted by Gasteiger charge is -2.00. The molecule has 0 heterocycles. The number of rotatable bonds is 11. The minimum absolute atomic E-state index is 0.